The molecule has 1 saturated heterocycles. The molecule has 3 nitrogen and oxygen atoms in total. The summed E-state index contributed by atoms with van der Waals surface area (Å²) in [6.45, 7) is 4.11. The van der Waals surface area contributed by atoms with Gasteiger partial charge >= 0.3 is 5.97 Å². The summed E-state index contributed by atoms with van der Waals surface area (Å²) in [6, 6.07) is 0. The fourth-order valence-electron chi connectivity index (χ4n) is 1.42. The fraction of sp³-hybridized carbons (Fsp3) is 0.889. The van der Waals surface area contributed by atoms with Crippen LogP contribution in [0.5, 0.6) is 0 Å². The van der Waals surface area contributed by atoms with Crippen molar-refractivity contribution in [3.05, 3.63) is 0 Å². The van der Waals surface area contributed by atoms with Gasteiger partial charge in [-0.25, -0.2) is 0 Å². The Kier molecular flexibility index (Phi) is 4.00. The van der Waals surface area contributed by atoms with Crippen LogP contribution in [-0.4, -0.2) is 30.2 Å². The molecule has 0 aromatic heterocycles. The number of hydrogen-bond donors (Lipinski definition) is 0. The minimum absolute atomic E-state index is 0.171. The largest absolute Gasteiger partial charge is 0.465 e. The summed E-state index contributed by atoms with van der Waals surface area (Å²) in [4.78, 5) is 11.2. The lowest BCUT2D eigenvalue weighted by Crippen LogP contribution is -2.30. The summed E-state index contributed by atoms with van der Waals surface area (Å²) >= 11 is 5.88. The van der Waals surface area contributed by atoms with E-state index in [0.29, 0.717) is 6.61 Å². The third kappa shape index (κ3) is 2.85. The zero-order valence-corrected chi connectivity index (χ0v) is 8.71. The smallest absolute Gasteiger partial charge is 0.326 e. The van der Waals surface area contributed by atoms with Gasteiger partial charge in [0.15, 0.2) is 5.38 Å². The molecule has 13 heavy (non-hydrogen) atoms. The first-order chi connectivity index (χ1) is 6.15. The third-order valence-corrected chi connectivity index (χ3v) is 2.56. The number of alkyl halides is 1. The number of esters is 1. The second-order valence-electron chi connectivity index (χ2n) is 3.22. The van der Waals surface area contributed by atoms with Crippen LogP contribution in [0.25, 0.3) is 0 Å². The maximum absolute atomic E-state index is 11.2. The van der Waals surface area contributed by atoms with Gasteiger partial charge in [-0.1, -0.05) is 0 Å². The average molecular weight is 207 g/mol. The van der Waals surface area contributed by atoms with Crippen molar-refractivity contribution in [3.63, 3.8) is 0 Å². The molecule has 0 saturated carbocycles. The maximum atomic E-state index is 11.2. The molecular formula is C9H15ClO3. The van der Waals surface area contributed by atoms with Crippen molar-refractivity contribution in [1.82, 2.24) is 0 Å². The first kappa shape index (κ1) is 10.8. The van der Waals surface area contributed by atoms with E-state index >= 15 is 0 Å². The van der Waals surface area contributed by atoms with Gasteiger partial charge in [0.05, 0.1) is 18.8 Å². The van der Waals surface area contributed by atoms with Gasteiger partial charge in [-0.15, -0.1) is 11.6 Å². The van der Waals surface area contributed by atoms with Crippen LogP contribution in [-0.2, 0) is 14.3 Å². The van der Waals surface area contributed by atoms with Gasteiger partial charge in [-0.3, -0.25) is 4.79 Å². The first-order valence-corrected chi connectivity index (χ1v) is 5.05. The van der Waals surface area contributed by atoms with Crippen LogP contribution in [0.15, 0.2) is 0 Å². The Bertz CT molecular complexity index is 184. The van der Waals surface area contributed by atoms with Crippen molar-refractivity contribution in [1.29, 1.82) is 0 Å². The maximum Gasteiger partial charge on any atom is 0.326 e. The SMILES string of the molecule is CCOC(=O)C(Cl)C1CCC(C)O1. The first-order valence-electron chi connectivity index (χ1n) is 4.61. The van der Waals surface area contributed by atoms with E-state index in [1.165, 1.54) is 0 Å². The highest BCUT2D eigenvalue weighted by Crippen LogP contribution is 2.25. The van der Waals surface area contributed by atoms with Gasteiger partial charge in [-0.05, 0) is 26.7 Å². The second kappa shape index (κ2) is 4.82. The van der Waals surface area contributed by atoms with E-state index < -0.39 is 5.38 Å². The number of hydrogen-bond acceptors (Lipinski definition) is 3. The Morgan fingerprint density at radius 2 is 2.38 bits per heavy atom. The van der Waals surface area contributed by atoms with Gasteiger partial charge in [0.1, 0.15) is 0 Å². The van der Waals surface area contributed by atoms with Crippen molar-refractivity contribution in [2.45, 2.75) is 44.3 Å². The second-order valence-corrected chi connectivity index (χ2v) is 3.69. The van der Waals surface area contributed by atoms with Crippen LogP contribution in [0.3, 0.4) is 0 Å². The molecule has 1 fully saturated rings. The molecular weight excluding hydrogens is 192 g/mol. The molecule has 1 heterocycles. The van der Waals surface area contributed by atoms with E-state index in [1.807, 2.05) is 6.92 Å². The summed E-state index contributed by atoms with van der Waals surface area (Å²) < 4.78 is 10.3. The molecule has 1 aliphatic rings. The topological polar surface area (TPSA) is 35.5 Å². The Morgan fingerprint density at radius 3 is 2.85 bits per heavy atom. The van der Waals surface area contributed by atoms with E-state index in [1.54, 1.807) is 6.92 Å². The average Bonchev–Trinajstić information content (AvgIpc) is 2.51. The van der Waals surface area contributed by atoms with Gasteiger partial charge in [0.25, 0.3) is 0 Å². The molecule has 76 valence electrons. The van der Waals surface area contributed by atoms with Crippen molar-refractivity contribution in [2.75, 3.05) is 6.61 Å². The van der Waals surface area contributed by atoms with Crippen LogP contribution >= 0.6 is 11.6 Å². The van der Waals surface area contributed by atoms with Gasteiger partial charge in [0.2, 0.25) is 0 Å². The monoisotopic (exact) mass is 206 g/mol. The highest BCUT2D eigenvalue weighted by Gasteiger charge is 2.33. The number of carbonyl (C=O) groups excluding carboxylic acids is 1. The molecule has 0 aromatic carbocycles. The summed E-state index contributed by atoms with van der Waals surface area (Å²) in [5.74, 6) is -0.372. The summed E-state index contributed by atoms with van der Waals surface area (Å²) in [5, 5.41) is -0.648. The van der Waals surface area contributed by atoms with Crippen LogP contribution in [0.2, 0.25) is 0 Å². The summed E-state index contributed by atoms with van der Waals surface area (Å²) in [5.41, 5.74) is 0. The Labute approximate surface area is 83.3 Å². The lowest BCUT2D eigenvalue weighted by molar-refractivity contribution is -0.145. The molecule has 0 spiro atoms. The normalized spacial score (nSPS) is 30.1. The predicted octanol–water partition coefficient (Wildman–Crippen LogP) is 1.72. The Balaban J connectivity index is 2.38. The zero-order chi connectivity index (χ0) is 9.84. The molecule has 1 aliphatic heterocycles. The van der Waals surface area contributed by atoms with E-state index in [9.17, 15) is 4.79 Å². The molecule has 1 rings (SSSR count). The third-order valence-electron chi connectivity index (χ3n) is 2.10. The summed E-state index contributed by atoms with van der Waals surface area (Å²) in [7, 11) is 0. The fourth-order valence-corrected chi connectivity index (χ4v) is 1.67. The molecule has 0 N–H and O–H groups in total. The lowest BCUT2D eigenvalue weighted by atomic mass is 10.1. The predicted molar refractivity (Wildman–Crippen MR) is 49.8 cm³/mol. The van der Waals surface area contributed by atoms with Crippen molar-refractivity contribution in [3.8, 4) is 0 Å². The number of carbonyl (C=O) groups is 1. The van der Waals surface area contributed by atoms with Gasteiger partial charge < -0.3 is 9.47 Å². The molecule has 4 heteroatoms. The molecule has 0 bridgehead atoms. The van der Waals surface area contributed by atoms with E-state index in [-0.39, 0.29) is 18.2 Å². The van der Waals surface area contributed by atoms with Crippen molar-refractivity contribution < 1.29 is 14.3 Å². The van der Waals surface area contributed by atoms with E-state index in [4.69, 9.17) is 21.1 Å². The minimum atomic E-state index is -0.648. The molecule has 0 radical (unpaired) electrons. The van der Waals surface area contributed by atoms with Crippen molar-refractivity contribution >= 4 is 17.6 Å². The van der Waals surface area contributed by atoms with Crippen molar-refractivity contribution in [2.24, 2.45) is 0 Å². The van der Waals surface area contributed by atoms with E-state index in [0.717, 1.165) is 12.8 Å². The molecule has 0 aliphatic carbocycles. The minimum Gasteiger partial charge on any atom is -0.465 e. The summed E-state index contributed by atoms with van der Waals surface area (Å²) in [6.07, 6.45) is 1.85. The standard InChI is InChI=1S/C9H15ClO3/c1-3-12-9(11)8(10)7-5-4-6(2)13-7/h6-8H,3-5H2,1-2H3. The molecule has 3 unspecified atom stereocenters. The quantitative estimate of drug-likeness (QED) is 0.521. The highest BCUT2D eigenvalue weighted by molar-refractivity contribution is 6.30. The Hall–Kier alpha value is -0.280. The van der Waals surface area contributed by atoms with Crippen LogP contribution < -0.4 is 0 Å². The number of halogens is 1. The van der Waals surface area contributed by atoms with Crippen LogP contribution in [0.4, 0.5) is 0 Å². The zero-order valence-electron chi connectivity index (χ0n) is 7.96. The highest BCUT2D eigenvalue weighted by atomic mass is 35.5. The molecule has 0 amide bonds. The molecule has 0 aromatic rings. The molecule has 3 atom stereocenters. The van der Waals surface area contributed by atoms with Crippen LogP contribution in [0.1, 0.15) is 26.7 Å². The van der Waals surface area contributed by atoms with E-state index in [2.05, 4.69) is 0 Å². The van der Waals surface area contributed by atoms with Gasteiger partial charge in [0, 0.05) is 0 Å². The lowest BCUT2D eigenvalue weighted by Gasteiger charge is -2.15. The number of ether oxygens (including phenoxy) is 2. The van der Waals surface area contributed by atoms with Crippen LogP contribution in [0, 0.1) is 0 Å². The number of rotatable bonds is 3. The Morgan fingerprint density at radius 1 is 1.69 bits per heavy atom. The van der Waals surface area contributed by atoms with Gasteiger partial charge in [-0.2, -0.15) is 0 Å².